The van der Waals surface area contributed by atoms with Crippen LogP contribution in [0.15, 0.2) is 194 Å². The molecule has 0 spiro atoms. The Bertz CT molecular complexity index is 2620. The summed E-state index contributed by atoms with van der Waals surface area (Å²) in [7, 11) is 0. The van der Waals surface area contributed by atoms with Crippen LogP contribution in [0.25, 0.3) is 33.4 Å². The number of para-hydroxylation sites is 2. The van der Waals surface area contributed by atoms with Crippen LogP contribution < -0.4 is 9.80 Å². The number of hydrogen-bond acceptors (Lipinski definition) is 2. The maximum absolute atomic E-state index is 2.53. The van der Waals surface area contributed by atoms with Crippen molar-refractivity contribution in [3.63, 3.8) is 0 Å². The summed E-state index contributed by atoms with van der Waals surface area (Å²) < 4.78 is 0. The summed E-state index contributed by atoms with van der Waals surface area (Å²) in [6.07, 6.45) is 0. The van der Waals surface area contributed by atoms with E-state index in [9.17, 15) is 0 Å². The third-order valence-electron chi connectivity index (χ3n) is 12.3. The lowest BCUT2D eigenvalue weighted by Gasteiger charge is -2.49. The standard InChI is InChI=1S/C54H44N2/c1-53(2)46-18-11-12-21-50(46)56-51-35-28-42(36-49(51)54(3,4)48-20-13-19-47(53)52(48)56)41-26-33-45(34-27-41)55(43-29-22-39(23-30-43)37-14-7-5-8-15-37)44-31-24-40(25-32-44)38-16-9-6-10-17-38/h5-36H,1-4H3. The molecular formula is C54H44N2. The van der Waals surface area contributed by atoms with Gasteiger partial charge in [-0.2, -0.15) is 0 Å². The van der Waals surface area contributed by atoms with Gasteiger partial charge in [0.05, 0.1) is 17.1 Å². The molecule has 0 bridgehead atoms. The first-order valence-corrected chi connectivity index (χ1v) is 19.7. The smallest absolute Gasteiger partial charge is 0.0543 e. The first-order valence-electron chi connectivity index (χ1n) is 19.7. The lowest BCUT2D eigenvalue weighted by molar-refractivity contribution is 0.597. The highest BCUT2D eigenvalue weighted by atomic mass is 15.2. The van der Waals surface area contributed by atoms with Crippen LogP contribution in [0.3, 0.4) is 0 Å². The lowest BCUT2D eigenvalue weighted by Crippen LogP contribution is -2.38. The van der Waals surface area contributed by atoms with Crippen LogP contribution in [-0.4, -0.2) is 0 Å². The second-order valence-corrected chi connectivity index (χ2v) is 16.2. The molecule has 0 radical (unpaired) electrons. The van der Waals surface area contributed by atoms with E-state index in [0.717, 1.165) is 17.1 Å². The second kappa shape index (κ2) is 13.0. The normalized spacial score (nSPS) is 14.3. The molecule has 0 atom stereocenters. The molecule has 0 N–H and O–H groups in total. The van der Waals surface area contributed by atoms with Gasteiger partial charge in [0.25, 0.3) is 0 Å². The Labute approximate surface area is 331 Å². The van der Waals surface area contributed by atoms with Gasteiger partial charge in [0.15, 0.2) is 0 Å². The van der Waals surface area contributed by atoms with Crippen molar-refractivity contribution in [1.29, 1.82) is 0 Å². The molecule has 2 heterocycles. The van der Waals surface area contributed by atoms with E-state index >= 15 is 0 Å². The van der Waals surface area contributed by atoms with Crippen molar-refractivity contribution in [2.75, 3.05) is 9.80 Å². The largest absolute Gasteiger partial charge is 0.311 e. The van der Waals surface area contributed by atoms with E-state index in [0.29, 0.717) is 0 Å². The molecule has 0 saturated heterocycles. The highest BCUT2D eigenvalue weighted by Gasteiger charge is 2.45. The van der Waals surface area contributed by atoms with Gasteiger partial charge in [0.1, 0.15) is 0 Å². The van der Waals surface area contributed by atoms with Crippen LogP contribution >= 0.6 is 0 Å². The van der Waals surface area contributed by atoms with Crippen molar-refractivity contribution in [1.82, 2.24) is 0 Å². The zero-order chi connectivity index (χ0) is 38.0. The topological polar surface area (TPSA) is 6.48 Å². The zero-order valence-electron chi connectivity index (χ0n) is 32.4. The zero-order valence-corrected chi connectivity index (χ0v) is 32.4. The van der Waals surface area contributed by atoms with Crippen molar-refractivity contribution in [2.45, 2.75) is 38.5 Å². The molecule has 8 aromatic rings. The molecule has 0 unspecified atom stereocenters. The Morgan fingerprint density at radius 2 is 0.696 bits per heavy atom. The molecule has 0 saturated carbocycles. The minimum absolute atomic E-state index is 0.0878. The number of rotatable bonds is 6. The van der Waals surface area contributed by atoms with Gasteiger partial charge < -0.3 is 9.80 Å². The van der Waals surface area contributed by atoms with Crippen molar-refractivity contribution in [2.24, 2.45) is 0 Å². The third-order valence-corrected chi connectivity index (χ3v) is 12.3. The summed E-state index contributed by atoms with van der Waals surface area (Å²) in [5.41, 5.74) is 19.7. The van der Waals surface area contributed by atoms with Crippen LogP contribution in [-0.2, 0) is 10.8 Å². The van der Waals surface area contributed by atoms with Gasteiger partial charge in [-0.3, -0.25) is 0 Å². The summed E-state index contributed by atoms with van der Waals surface area (Å²) in [4.78, 5) is 4.88. The second-order valence-electron chi connectivity index (χ2n) is 16.2. The number of benzene rings is 8. The van der Waals surface area contributed by atoms with Crippen LogP contribution in [0.1, 0.15) is 49.9 Å². The maximum Gasteiger partial charge on any atom is 0.0543 e. The molecule has 0 fully saturated rings. The molecule has 10 rings (SSSR count). The Balaban J connectivity index is 1.04. The molecule has 270 valence electrons. The first-order chi connectivity index (χ1) is 27.3. The predicted octanol–water partition coefficient (Wildman–Crippen LogP) is 14.9. The van der Waals surface area contributed by atoms with E-state index in [2.05, 4.69) is 232 Å². The average molecular weight is 721 g/mol. The van der Waals surface area contributed by atoms with Crippen molar-refractivity contribution in [3.05, 3.63) is 216 Å². The van der Waals surface area contributed by atoms with Gasteiger partial charge in [0, 0.05) is 27.9 Å². The fourth-order valence-electron chi connectivity index (χ4n) is 9.18. The van der Waals surface area contributed by atoms with Crippen LogP contribution in [0.4, 0.5) is 34.1 Å². The molecule has 2 aliphatic rings. The molecule has 2 nitrogen and oxygen atoms in total. The Hall–Kier alpha value is -6.64. The molecule has 0 aliphatic carbocycles. The summed E-state index contributed by atoms with van der Waals surface area (Å²) in [6.45, 7) is 9.52. The predicted molar refractivity (Wildman–Crippen MR) is 236 cm³/mol. The molecule has 0 amide bonds. The number of fused-ring (bicyclic) bond motifs is 4. The quantitative estimate of drug-likeness (QED) is 0.169. The summed E-state index contributed by atoms with van der Waals surface area (Å²) in [5.74, 6) is 0. The minimum Gasteiger partial charge on any atom is -0.311 e. The van der Waals surface area contributed by atoms with Gasteiger partial charge in [-0.1, -0.05) is 167 Å². The van der Waals surface area contributed by atoms with Crippen LogP contribution in [0.2, 0.25) is 0 Å². The highest BCUT2D eigenvalue weighted by molar-refractivity contribution is 5.93. The average Bonchev–Trinajstić information content (AvgIpc) is 3.25. The maximum atomic E-state index is 2.53. The van der Waals surface area contributed by atoms with Crippen molar-refractivity contribution >= 4 is 34.1 Å². The van der Waals surface area contributed by atoms with E-state index in [-0.39, 0.29) is 10.8 Å². The minimum atomic E-state index is -0.176. The van der Waals surface area contributed by atoms with E-state index in [1.807, 2.05) is 0 Å². The summed E-state index contributed by atoms with van der Waals surface area (Å²) in [6, 6.07) is 71.1. The number of hydrogen-bond donors (Lipinski definition) is 0. The van der Waals surface area contributed by atoms with E-state index in [4.69, 9.17) is 0 Å². The molecule has 8 aromatic carbocycles. The Morgan fingerprint density at radius 1 is 0.321 bits per heavy atom. The third kappa shape index (κ3) is 5.39. The highest BCUT2D eigenvalue weighted by Crippen LogP contribution is 2.60. The molecule has 0 aromatic heterocycles. The fourth-order valence-corrected chi connectivity index (χ4v) is 9.18. The SMILES string of the molecule is CC1(C)c2ccccc2N2c3ccc(-c4ccc(N(c5ccc(-c6ccccc6)cc5)c5ccc(-c6ccccc6)cc5)cc4)cc3C(C)(C)c3cccc1c32. The number of anilines is 6. The molecular weight excluding hydrogens is 677 g/mol. The van der Waals surface area contributed by atoms with Crippen LogP contribution in [0, 0.1) is 0 Å². The Kier molecular flexibility index (Phi) is 7.87. The number of nitrogens with zero attached hydrogens (tertiary/aromatic N) is 2. The van der Waals surface area contributed by atoms with Gasteiger partial charge in [-0.15, -0.1) is 0 Å². The first kappa shape index (κ1) is 33.9. The van der Waals surface area contributed by atoms with E-state index in [1.54, 1.807) is 0 Å². The summed E-state index contributed by atoms with van der Waals surface area (Å²) in [5, 5.41) is 0. The van der Waals surface area contributed by atoms with Gasteiger partial charge >= 0.3 is 0 Å². The lowest BCUT2D eigenvalue weighted by atomic mass is 9.66. The van der Waals surface area contributed by atoms with Crippen molar-refractivity contribution < 1.29 is 0 Å². The molecule has 2 aliphatic heterocycles. The fraction of sp³-hybridized carbons (Fsp3) is 0.111. The monoisotopic (exact) mass is 720 g/mol. The molecule has 2 heteroatoms. The summed E-state index contributed by atoms with van der Waals surface area (Å²) >= 11 is 0. The van der Waals surface area contributed by atoms with Crippen molar-refractivity contribution in [3.8, 4) is 33.4 Å². The van der Waals surface area contributed by atoms with E-state index in [1.165, 1.54) is 72.7 Å². The Morgan fingerprint density at radius 3 is 1.21 bits per heavy atom. The van der Waals surface area contributed by atoms with E-state index < -0.39 is 0 Å². The van der Waals surface area contributed by atoms with Crippen LogP contribution in [0.5, 0.6) is 0 Å². The molecule has 56 heavy (non-hydrogen) atoms. The van der Waals surface area contributed by atoms with Gasteiger partial charge in [-0.25, -0.2) is 0 Å². The van der Waals surface area contributed by atoms with Gasteiger partial charge in [0.2, 0.25) is 0 Å². The van der Waals surface area contributed by atoms with Gasteiger partial charge in [-0.05, 0) is 110 Å².